The molecule has 3 aromatic rings. The van der Waals surface area contributed by atoms with E-state index < -0.39 is 0 Å². The summed E-state index contributed by atoms with van der Waals surface area (Å²) in [5.74, 6) is 1.10. The number of carbonyl (C=O) groups excluding carboxylic acids is 1. The lowest BCUT2D eigenvalue weighted by Crippen LogP contribution is -2.49. The summed E-state index contributed by atoms with van der Waals surface area (Å²) in [5, 5.41) is 5.94. The normalized spacial score (nSPS) is 10.9. The number of hydrogen-bond acceptors (Lipinski definition) is 6. The van der Waals surface area contributed by atoms with E-state index in [1.54, 1.807) is 13.2 Å². The minimum Gasteiger partial charge on any atom is -0.497 e. The molecule has 1 heterocycles. The predicted molar refractivity (Wildman–Crippen MR) is 112 cm³/mol. The molecule has 7 heteroatoms. The summed E-state index contributed by atoms with van der Waals surface area (Å²) in [6.45, 7) is 5.58. The summed E-state index contributed by atoms with van der Waals surface area (Å²) >= 11 is 0. The van der Waals surface area contributed by atoms with Crippen LogP contribution in [0.5, 0.6) is 5.75 Å². The minimum absolute atomic E-state index is 0.223. The van der Waals surface area contributed by atoms with Crippen molar-refractivity contribution >= 4 is 28.3 Å². The van der Waals surface area contributed by atoms with E-state index in [1.807, 2.05) is 67.4 Å². The first-order valence-corrected chi connectivity index (χ1v) is 9.26. The van der Waals surface area contributed by atoms with Crippen LogP contribution in [0.15, 0.2) is 54.6 Å². The molecule has 0 spiro atoms. The van der Waals surface area contributed by atoms with Crippen molar-refractivity contribution in [1.29, 1.82) is 0 Å². The van der Waals surface area contributed by atoms with Gasteiger partial charge < -0.3 is 10.1 Å². The van der Waals surface area contributed by atoms with E-state index in [4.69, 9.17) is 4.74 Å². The summed E-state index contributed by atoms with van der Waals surface area (Å²) in [5.41, 5.74) is 7.81. The molecule has 0 saturated carbocycles. The zero-order valence-electron chi connectivity index (χ0n) is 16.3. The first-order chi connectivity index (χ1) is 13.6. The van der Waals surface area contributed by atoms with Gasteiger partial charge in [-0.05, 0) is 24.3 Å². The number of ether oxygens (including phenoxy) is 1. The highest BCUT2D eigenvalue weighted by atomic mass is 16.5. The number of benzene rings is 2. The van der Waals surface area contributed by atoms with Crippen LogP contribution in [0.1, 0.15) is 24.2 Å². The highest BCUT2D eigenvalue weighted by Gasteiger charge is 2.14. The molecular formula is C21H25N5O2. The Hall–Kier alpha value is -3.16. The molecule has 0 aliphatic rings. The number of hydrazine groups is 2. The van der Waals surface area contributed by atoms with Crippen molar-refractivity contribution in [2.45, 2.75) is 13.8 Å². The Morgan fingerprint density at radius 3 is 2.61 bits per heavy atom. The van der Waals surface area contributed by atoms with Crippen LogP contribution in [-0.4, -0.2) is 36.1 Å². The number of hydrogen-bond donors (Lipinski definition) is 3. The number of methoxy groups -OCH3 is 1. The van der Waals surface area contributed by atoms with E-state index in [2.05, 4.69) is 21.3 Å². The lowest BCUT2D eigenvalue weighted by Gasteiger charge is -2.20. The van der Waals surface area contributed by atoms with Crippen molar-refractivity contribution in [3.8, 4) is 5.75 Å². The molecular weight excluding hydrogens is 354 g/mol. The van der Waals surface area contributed by atoms with Crippen LogP contribution in [-0.2, 0) is 0 Å². The van der Waals surface area contributed by atoms with Crippen molar-refractivity contribution in [3.05, 3.63) is 60.2 Å². The molecule has 146 valence electrons. The molecule has 1 aromatic heterocycles. The molecule has 7 nitrogen and oxygen atoms in total. The summed E-state index contributed by atoms with van der Waals surface area (Å²) in [6, 6.07) is 16.9. The largest absolute Gasteiger partial charge is 0.497 e. The minimum atomic E-state index is -0.223. The van der Waals surface area contributed by atoms with Crippen LogP contribution in [0.2, 0.25) is 0 Å². The van der Waals surface area contributed by atoms with Crippen molar-refractivity contribution in [3.63, 3.8) is 0 Å². The number of rotatable bonds is 8. The molecule has 0 radical (unpaired) electrons. The Balaban J connectivity index is 1.91. The number of fused-ring (bicyclic) bond motifs is 1. The highest BCUT2D eigenvalue weighted by molar-refractivity contribution is 6.06. The summed E-state index contributed by atoms with van der Waals surface area (Å²) in [6.07, 6.45) is 0. The number of carbonyl (C=O) groups is 1. The maximum Gasteiger partial charge on any atom is 0.267 e. The molecule has 0 saturated heterocycles. The zero-order chi connectivity index (χ0) is 19.9. The number of amides is 1. The Labute approximate surface area is 164 Å². The third-order valence-electron chi connectivity index (χ3n) is 4.39. The molecule has 0 unspecified atom stereocenters. The highest BCUT2D eigenvalue weighted by Crippen LogP contribution is 2.25. The van der Waals surface area contributed by atoms with Crippen LogP contribution < -0.4 is 21.0 Å². The van der Waals surface area contributed by atoms with Gasteiger partial charge in [0.05, 0.1) is 18.2 Å². The topological polar surface area (TPSA) is 78.5 Å². The predicted octanol–water partition coefficient (Wildman–Crippen LogP) is 3.48. The van der Waals surface area contributed by atoms with Gasteiger partial charge in [-0.2, -0.15) is 5.53 Å². The van der Waals surface area contributed by atoms with Gasteiger partial charge in [-0.3, -0.25) is 10.2 Å². The second-order valence-corrected chi connectivity index (χ2v) is 6.17. The average molecular weight is 379 g/mol. The van der Waals surface area contributed by atoms with Crippen molar-refractivity contribution < 1.29 is 9.53 Å². The summed E-state index contributed by atoms with van der Waals surface area (Å²) in [4.78, 5) is 17.5. The van der Waals surface area contributed by atoms with Gasteiger partial charge in [0, 0.05) is 30.2 Å². The number of pyridine rings is 1. The quantitative estimate of drug-likeness (QED) is 0.520. The smallest absolute Gasteiger partial charge is 0.267 e. The van der Waals surface area contributed by atoms with Crippen LogP contribution in [0.4, 0.5) is 11.5 Å². The Kier molecular flexibility index (Phi) is 6.41. The lowest BCUT2D eigenvalue weighted by atomic mass is 10.1. The van der Waals surface area contributed by atoms with Gasteiger partial charge in [-0.1, -0.05) is 38.1 Å². The molecule has 3 N–H and O–H groups in total. The molecule has 1 amide bonds. The van der Waals surface area contributed by atoms with E-state index in [-0.39, 0.29) is 5.91 Å². The van der Waals surface area contributed by atoms with Crippen LogP contribution in [0, 0.1) is 0 Å². The van der Waals surface area contributed by atoms with Crippen LogP contribution in [0.3, 0.4) is 0 Å². The summed E-state index contributed by atoms with van der Waals surface area (Å²) in [7, 11) is 1.62. The molecule has 3 rings (SSSR count). The van der Waals surface area contributed by atoms with Crippen molar-refractivity contribution in [2.24, 2.45) is 0 Å². The Morgan fingerprint density at radius 1 is 1.07 bits per heavy atom. The van der Waals surface area contributed by atoms with Gasteiger partial charge >= 0.3 is 0 Å². The average Bonchev–Trinajstić information content (AvgIpc) is 2.74. The maximum absolute atomic E-state index is 12.8. The van der Waals surface area contributed by atoms with Gasteiger partial charge in [-0.25, -0.2) is 9.99 Å². The summed E-state index contributed by atoms with van der Waals surface area (Å²) < 4.78 is 5.26. The van der Waals surface area contributed by atoms with Crippen molar-refractivity contribution in [2.75, 3.05) is 25.5 Å². The SMILES string of the molecule is CCN(CC)NNC(=O)c1cc(Nc2cccc(OC)c2)nc2ccccc12. The van der Waals surface area contributed by atoms with Gasteiger partial charge in [0.2, 0.25) is 0 Å². The van der Waals surface area contributed by atoms with E-state index in [0.717, 1.165) is 35.4 Å². The molecule has 2 aromatic carbocycles. The Morgan fingerprint density at radius 2 is 1.86 bits per heavy atom. The second kappa shape index (κ2) is 9.16. The molecule has 0 aliphatic heterocycles. The molecule has 28 heavy (non-hydrogen) atoms. The molecule has 0 bridgehead atoms. The number of nitrogens with zero attached hydrogens (tertiary/aromatic N) is 2. The third-order valence-corrected chi connectivity index (χ3v) is 4.39. The first kappa shape index (κ1) is 19.6. The maximum atomic E-state index is 12.8. The third kappa shape index (κ3) is 4.57. The van der Waals surface area contributed by atoms with Crippen LogP contribution >= 0.6 is 0 Å². The fourth-order valence-electron chi connectivity index (χ4n) is 2.85. The van der Waals surface area contributed by atoms with Crippen LogP contribution in [0.25, 0.3) is 10.9 Å². The van der Waals surface area contributed by atoms with E-state index in [1.165, 1.54) is 0 Å². The number of aromatic nitrogens is 1. The molecule has 0 atom stereocenters. The van der Waals surface area contributed by atoms with E-state index >= 15 is 0 Å². The number of nitrogens with one attached hydrogen (secondary N) is 3. The first-order valence-electron chi connectivity index (χ1n) is 9.26. The fraction of sp³-hybridized carbons (Fsp3) is 0.238. The van der Waals surface area contributed by atoms with Gasteiger partial charge in [0.15, 0.2) is 0 Å². The lowest BCUT2D eigenvalue weighted by molar-refractivity contribution is 0.0837. The van der Waals surface area contributed by atoms with Crippen molar-refractivity contribution in [1.82, 2.24) is 21.0 Å². The number of para-hydroxylation sites is 1. The molecule has 0 aliphatic carbocycles. The number of anilines is 2. The molecule has 0 fully saturated rings. The monoisotopic (exact) mass is 379 g/mol. The van der Waals surface area contributed by atoms with E-state index in [0.29, 0.717) is 11.4 Å². The zero-order valence-corrected chi connectivity index (χ0v) is 16.3. The van der Waals surface area contributed by atoms with Gasteiger partial charge in [0.1, 0.15) is 11.6 Å². The second-order valence-electron chi connectivity index (χ2n) is 6.17. The standard InChI is InChI=1S/C21H25N5O2/c1-4-26(5-2)25-24-21(27)18-14-20(23-19-12-7-6-11-17(18)19)22-15-9-8-10-16(13-15)28-3/h6-14,25H,4-5H2,1-3H3,(H,22,23)(H,24,27). The fourth-order valence-corrected chi connectivity index (χ4v) is 2.85. The van der Waals surface area contributed by atoms with E-state index in [9.17, 15) is 4.79 Å². The van der Waals surface area contributed by atoms with Gasteiger partial charge in [-0.15, -0.1) is 0 Å². The Bertz CT molecular complexity index is 956. The van der Waals surface area contributed by atoms with Gasteiger partial charge in [0.25, 0.3) is 5.91 Å².